The summed E-state index contributed by atoms with van der Waals surface area (Å²) in [5.41, 5.74) is -2.28. The van der Waals surface area contributed by atoms with E-state index in [1.54, 1.807) is 4.90 Å². The highest BCUT2D eigenvalue weighted by Gasteiger charge is 2.65. The van der Waals surface area contributed by atoms with Gasteiger partial charge in [-0.3, -0.25) is 9.69 Å². The van der Waals surface area contributed by atoms with Gasteiger partial charge < -0.3 is 14.6 Å². The minimum Gasteiger partial charge on any atom is -0.480 e. The first kappa shape index (κ1) is 41.4. The summed E-state index contributed by atoms with van der Waals surface area (Å²) in [4.78, 5) is 23.8. The van der Waals surface area contributed by atoms with Gasteiger partial charge in [-0.05, 0) is 53.7 Å². The highest BCUT2D eigenvalue weighted by molar-refractivity contribution is 6.74. The molecule has 0 amide bonds. The predicted octanol–water partition coefficient (Wildman–Crippen LogP) is 9.05. The summed E-state index contributed by atoms with van der Waals surface area (Å²) in [6.07, 6.45) is -4.76. The summed E-state index contributed by atoms with van der Waals surface area (Å²) in [6.45, 7) is 16.8. The number of rotatable bonds is 8. The molecule has 15 heteroatoms. The summed E-state index contributed by atoms with van der Waals surface area (Å²) >= 11 is 12.3. The van der Waals surface area contributed by atoms with Gasteiger partial charge in [0.25, 0.3) is 0 Å². The van der Waals surface area contributed by atoms with E-state index in [4.69, 9.17) is 37.5 Å². The van der Waals surface area contributed by atoms with Gasteiger partial charge in [-0.15, -0.1) is 0 Å². The van der Waals surface area contributed by atoms with Crippen LogP contribution in [0.4, 0.5) is 22.0 Å². The molecule has 3 rings (SSSR count). The SMILES string of the molecule is CC(C)(C)CC1N(CCO[Si](C)(C)C(C)(C)C)C(C(=O)O)C(c2cccc(Cl)c2F)C1(C#N)c1ccc(Cl)cc1F.O=C(O)C(F)(F)F. The number of carbonyl (C=O) groups is 2. The van der Waals surface area contributed by atoms with Crippen LogP contribution < -0.4 is 0 Å². The monoisotopic (exact) mass is 738 g/mol. The second-order valence-corrected chi connectivity index (χ2v) is 20.1. The van der Waals surface area contributed by atoms with Crippen molar-refractivity contribution in [3.8, 4) is 6.07 Å². The zero-order valence-corrected chi connectivity index (χ0v) is 30.5. The molecular formula is C33H41Cl2F5N2O5Si. The molecule has 7 nitrogen and oxygen atoms in total. The average Bonchev–Trinajstić information content (AvgIpc) is 3.18. The van der Waals surface area contributed by atoms with Gasteiger partial charge in [0.1, 0.15) is 23.1 Å². The number of nitriles is 1. The molecule has 2 aromatic carbocycles. The molecule has 0 spiro atoms. The molecule has 266 valence electrons. The molecule has 0 aliphatic carbocycles. The lowest BCUT2D eigenvalue weighted by molar-refractivity contribution is -0.192. The zero-order chi connectivity index (χ0) is 37.2. The number of aliphatic carboxylic acids is 2. The molecule has 0 bridgehead atoms. The number of carboxylic acids is 2. The van der Waals surface area contributed by atoms with Gasteiger partial charge in [-0.2, -0.15) is 18.4 Å². The lowest BCUT2D eigenvalue weighted by Crippen LogP contribution is -2.49. The maximum Gasteiger partial charge on any atom is 0.490 e. The topological polar surface area (TPSA) is 111 Å². The number of hydrogen-bond acceptors (Lipinski definition) is 5. The van der Waals surface area contributed by atoms with Crippen molar-refractivity contribution in [2.75, 3.05) is 13.2 Å². The molecular weight excluding hydrogens is 698 g/mol. The van der Waals surface area contributed by atoms with Crippen molar-refractivity contribution in [3.05, 3.63) is 69.2 Å². The van der Waals surface area contributed by atoms with E-state index >= 15 is 8.78 Å². The zero-order valence-electron chi connectivity index (χ0n) is 28.0. The molecule has 2 N–H and O–H groups in total. The molecule has 1 heterocycles. The number of carboxylic acid groups (broad SMARTS) is 2. The van der Waals surface area contributed by atoms with Gasteiger partial charge in [0.05, 0.1) is 11.1 Å². The van der Waals surface area contributed by atoms with Crippen LogP contribution in [0.25, 0.3) is 0 Å². The fraction of sp³-hybridized carbons (Fsp3) is 0.545. The Labute approximate surface area is 288 Å². The molecule has 1 aliphatic rings. The Hall–Kier alpha value is -2.76. The molecule has 48 heavy (non-hydrogen) atoms. The number of nitrogens with zero attached hydrogens (tertiary/aromatic N) is 2. The Morgan fingerprint density at radius 1 is 1.04 bits per heavy atom. The number of halogens is 7. The third-order valence-corrected chi connectivity index (χ3v) is 14.0. The third kappa shape index (κ3) is 9.07. The molecule has 4 atom stereocenters. The molecule has 0 radical (unpaired) electrons. The Morgan fingerprint density at radius 3 is 2.04 bits per heavy atom. The molecule has 0 saturated carbocycles. The molecule has 0 aromatic heterocycles. The van der Waals surface area contributed by atoms with Crippen LogP contribution in [0, 0.1) is 28.4 Å². The lowest BCUT2D eigenvalue weighted by Gasteiger charge is -2.40. The van der Waals surface area contributed by atoms with E-state index in [1.165, 1.54) is 30.3 Å². The van der Waals surface area contributed by atoms with E-state index in [1.807, 2.05) is 20.8 Å². The van der Waals surface area contributed by atoms with Gasteiger partial charge in [-0.25, -0.2) is 13.6 Å². The van der Waals surface area contributed by atoms with Crippen LogP contribution >= 0.6 is 23.2 Å². The largest absolute Gasteiger partial charge is 0.490 e. The van der Waals surface area contributed by atoms with Crippen molar-refractivity contribution in [2.24, 2.45) is 5.41 Å². The molecule has 4 unspecified atom stereocenters. The van der Waals surface area contributed by atoms with Crippen molar-refractivity contribution >= 4 is 43.5 Å². The lowest BCUT2D eigenvalue weighted by atomic mass is 9.62. The fourth-order valence-corrected chi connectivity index (χ4v) is 7.09. The maximum atomic E-state index is 15.9. The third-order valence-electron chi connectivity index (χ3n) is 8.89. The normalized spacial score (nSPS) is 22.1. The number of alkyl halides is 3. The summed E-state index contributed by atoms with van der Waals surface area (Å²) < 4.78 is 69.8. The van der Waals surface area contributed by atoms with Gasteiger partial charge in [0, 0.05) is 35.7 Å². The molecule has 1 fully saturated rings. The van der Waals surface area contributed by atoms with E-state index in [0.29, 0.717) is 6.42 Å². The van der Waals surface area contributed by atoms with Gasteiger partial charge in [0.15, 0.2) is 8.32 Å². The van der Waals surface area contributed by atoms with Crippen molar-refractivity contribution in [1.29, 1.82) is 5.26 Å². The van der Waals surface area contributed by atoms with Gasteiger partial charge >= 0.3 is 18.1 Å². The van der Waals surface area contributed by atoms with Crippen molar-refractivity contribution in [1.82, 2.24) is 4.90 Å². The van der Waals surface area contributed by atoms with Crippen LogP contribution in [-0.2, 0) is 19.4 Å². The Morgan fingerprint density at radius 2 is 1.60 bits per heavy atom. The van der Waals surface area contributed by atoms with Crippen LogP contribution in [0.15, 0.2) is 36.4 Å². The first-order chi connectivity index (χ1) is 21.7. The summed E-state index contributed by atoms with van der Waals surface area (Å²) in [5.74, 6) is -6.87. The van der Waals surface area contributed by atoms with Gasteiger partial charge in [0.2, 0.25) is 0 Å². The minimum absolute atomic E-state index is 0.0258. The van der Waals surface area contributed by atoms with Crippen LogP contribution in [0.2, 0.25) is 28.2 Å². The van der Waals surface area contributed by atoms with E-state index in [-0.39, 0.29) is 39.4 Å². The Balaban J connectivity index is 0.00000103. The minimum atomic E-state index is -5.08. The van der Waals surface area contributed by atoms with Crippen molar-refractivity contribution < 1.29 is 46.2 Å². The van der Waals surface area contributed by atoms with Crippen LogP contribution in [-0.4, -0.2) is 66.8 Å². The highest BCUT2D eigenvalue weighted by atomic mass is 35.5. The van der Waals surface area contributed by atoms with Crippen LogP contribution in [0.1, 0.15) is 65.0 Å². The highest BCUT2D eigenvalue weighted by Crippen LogP contribution is 2.56. The number of hydrogen-bond donors (Lipinski definition) is 2. The number of likely N-dealkylation sites (tertiary alicyclic amines) is 1. The van der Waals surface area contributed by atoms with E-state index < -0.39 is 66.9 Å². The standard InChI is InChI=1S/C31H40Cl2F2N2O3Si.C2HF3O2/c1-29(2,3)17-24-31(18-36,21-13-12-19(32)16-23(21)34)25(20-10-9-11-22(33)26(20)35)27(28(38)39)37(24)14-15-40-41(7,8)30(4,5)6;3-2(4,5)1(6)7/h9-13,16,24-25,27H,14-15,17H2,1-8H3,(H,38,39);(H,6,7). The molecule has 1 aliphatic heterocycles. The predicted molar refractivity (Wildman–Crippen MR) is 176 cm³/mol. The first-order valence-electron chi connectivity index (χ1n) is 15.0. The fourth-order valence-electron chi connectivity index (χ4n) is 5.72. The first-order valence-corrected chi connectivity index (χ1v) is 18.6. The second kappa shape index (κ2) is 15.0. The smallest absolute Gasteiger partial charge is 0.480 e. The summed E-state index contributed by atoms with van der Waals surface area (Å²) in [7, 11) is -2.21. The average molecular weight is 740 g/mol. The van der Waals surface area contributed by atoms with Crippen molar-refractivity contribution in [3.63, 3.8) is 0 Å². The maximum absolute atomic E-state index is 15.9. The van der Waals surface area contributed by atoms with Gasteiger partial charge in [-0.1, -0.05) is 82.9 Å². The van der Waals surface area contributed by atoms with Crippen LogP contribution in [0.5, 0.6) is 0 Å². The van der Waals surface area contributed by atoms with Crippen molar-refractivity contribution in [2.45, 2.75) is 95.7 Å². The Kier molecular flexibility index (Phi) is 12.9. The van der Waals surface area contributed by atoms with E-state index in [2.05, 4.69) is 39.9 Å². The van der Waals surface area contributed by atoms with Crippen LogP contribution in [0.3, 0.4) is 0 Å². The molecule has 2 aromatic rings. The van der Waals surface area contributed by atoms with E-state index in [0.717, 1.165) is 6.07 Å². The second-order valence-electron chi connectivity index (χ2n) is 14.4. The Bertz CT molecular complexity index is 1540. The quantitative estimate of drug-likeness (QED) is 0.205. The van der Waals surface area contributed by atoms with E-state index in [9.17, 15) is 28.3 Å². The molecule has 1 saturated heterocycles. The summed E-state index contributed by atoms with van der Waals surface area (Å²) in [5, 5.41) is 28.7. The number of benzene rings is 2. The summed E-state index contributed by atoms with van der Waals surface area (Å²) in [6, 6.07) is 8.47.